The Morgan fingerprint density at radius 1 is 0.929 bits per heavy atom. The molecule has 28 heavy (non-hydrogen) atoms. The van der Waals surface area contributed by atoms with Gasteiger partial charge in [-0.3, -0.25) is 4.79 Å². The van der Waals surface area contributed by atoms with Crippen LogP contribution in [0.1, 0.15) is 11.3 Å². The van der Waals surface area contributed by atoms with Crippen molar-refractivity contribution in [1.82, 2.24) is 4.57 Å². The van der Waals surface area contributed by atoms with Crippen LogP contribution in [0.3, 0.4) is 0 Å². The van der Waals surface area contributed by atoms with Crippen molar-refractivity contribution in [1.29, 1.82) is 0 Å². The van der Waals surface area contributed by atoms with E-state index in [4.69, 9.17) is 25.8 Å². The van der Waals surface area contributed by atoms with Gasteiger partial charge < -0.3 is 18.8 Å². The lowest BCUT2D eigenvalue weighted by molar-refractivity contribution is 0.283. The summed E-state index contributed by atoms with van der Waals surface area (Å²) in [6.45, 7) is 3.23. The number of pyridine rings is 1. The first kappa shape index (κ1) is 19.8. The molecule has 6 heteroatoms. The van der Waals surface area contributed by atoms with Gasteiger partial charge in [-0.05, 0) is 48.9 Å². The normalized spacial score (nSPS) is 10.5. The zero-order valence-electron chi connectivity index (χ0n) is 15.9. The van der Waals surface area contributed by atoms with Crippen LogP contribution in [0.5, 0.6) is 17.2 Å². The highest BCUT2D eigenvalue weighted by atomic mass is 35.5. The number of hydrogen-bond acceptors (Lipinski definition) is 4. The number of halogens is 1. The van der Waals surface area contributed by atoms with Crippen molar-refractivity contribution in [2.75, 3.05) is 13.7 Å². The molecule has 0 saturated carbocycles. The maximum absolute atomic E-state index is 12.2. The summed E-state index contributed by atoms with van der Waals surface area (Å²) in [4.78, 5) is 12.2. The highest BCUT2D eigenvalue weighted by molar-refractivity contribution is 6.30. The molecule has 0 aliphatic heterocycles. The van der Waals surface area contributed by atoms with Gasteiger partial charge in [0.05, 0.1) is 19.3 Å². The SMILES string of the molecule is COc1ccc(OCCn2ccc(=O)c(OCc3ccc(Cl)cc3)c2C)cc1. The summed E-state index contributed by atoms with van der Waals surface area (Å²) in [6.07, 6.45) is 1.75. The van der Waals surface area contributed by atoms with E-state index in [9.17, 15) is 4.79 Å². The molecule has 0 radical (unpaired) electrons. The molecule has 0 amide bonds. The summed E-state index contributed by atoms with van der Waals surface area (Å²) >= 11 is 5.90. The van der Waals surface area contributed by atoms with Crippen molar-refractivity contribution in [2.45, 2.75) is 20.1 Å². The minimum absolute atomic E-state index is 0.140. The summed E-state index contributed by atoms with van der Waals surface area (Å²) in [5, 5.41) is 0.666. The molecule has 0 saturated heterocycles. The van der Waals surface area contributed by atoms with E-state index < -0.39 is 0 Å². The Balaban J connectivity index is 1.62. The molecule has 3 rings (SSSR count). The number of ether oxygens (including phenoxy) is 3. The molecule has 0 aliphatic rings. The average Bonchev–Trinajstić information content (AvgIpc) is 2.71. The standard InChI is InChI=1S/C22H22ClNO4/c1-16-22(28-15-17-3-5-18(23)6-4-17)21(25)11-12-24(16)13-14-27-20-9-7-19(26-2)8-10-20/h3-12H,13-15H2,1-2H3. The fraction of sp³-hybridized carbons (Fsp3) is 0.227. The number of methoxy groups -OCH3 is 1. The van der Waals surface area contributed by atoms with Gasteiger partial charge in [-0.2, -0.15) is 0 Å². The second kappa shape index (κ2) is 9.33. The summed E-state index contributed by atoms with van der Waals surface area (Å²) in [7, 11) is 1.63. The molecule has 3 aromatic rings. The Labute approximate surface area is 169 Å². The summed E-state index contributed by atoms with van der Waals surface area (Å²) in [6, 6.07) is 16.3. The Morgan fingerprint density at radius 2 is 1.61 bits per heavy atom. The van der Waals surface area contributed by atoms with Gasteiger partial charge in [0.2, 0.25) is 5.43 Å². The highest BCUT2D eigenvalue weighted by Gasteiger charge is 2.09. The fourth-order valence-electron chi connectivity index (χ4n) is 2.74. The summed E-state index contributed by atoms with van der Waals surface area (Å²) in [5.41, 5.74) is 1.57. The Bertz CT molecular complexity index is 965. The molecule has 0 aliphatic carbocycles. The first-order valence-electron chi connectivity index (χ1n) is 8.91. The second-order valence-electron chi connectivity index (χ2n) is 6.23. The van der Waals surface area contributed by atoms with Crippen LogP contribution >= 0.6 is 11.6 Å². The van der Waals surface area contributed by atoms with Crippen LogP contribution in [0.25, 0.3) is 0 Å². The van der Waals surface area contributed by atoms with Crippen LogP contribution in [-0.4, -0.2) is 18.3 Å². The summed E-state index contributed by atoms with van der Waals surface area (Å²) < 4.78 is 18.6. The lowest BCUT2D eigenvalue weighted by atomic mass is 10.2. The third kappa shape index (κ3) is 5.08. The quantitative estimate of drug-likeness (QED) is 0.560. The van der Waals surface area contributed by atoms with Gasteiger partial charge in [0.25, 0.3) is 0 Å². The van der Waals surface area contributed by atoms with Crippen molar-refractivity contribution in [3.8, 4) is 17.2 Å². The third-order valence-electron chi connectivity index (χ3n) is 4.35. The van der Waals surface area contributed by atoms with Gasteiger partial charge in [-0.15, -0.1) is 0 Å². The van der Waals surface area contributed by atoms with E-state index in [-0.39, 0.29) is 5.43 Å². The van der Waals surface area contributed by atoms with E-state index in [1.54, 1.807) is 25.4 Å². The van der Waals surface area contributed by atoms with Crippen LogP contribution in [0, 0.1) is 6.92 Å². The van der Waals surface area contributed by atoms with E-state index in [1.165, 1.54) is 6.07 Å². The van der Waals surface area contributed by atoms with Crippen LogP contribution < -0.4 is 19.6 Å². The van der Waals surface area contributed by atoms with Gasteiger partial charge in [0, 0.05) is 17.3 Å². The number of aromatic nitrogens is 1. The summed E-state index contributed by atoms with van der Waals surface area (Å²) in [5.74, 6) is 1.90. The highest BCUT2D eigenvalue weighted by Crippen LogP contribution is 2.18. The maximum atomic E-state index is 12.2. The molecule has 0 unspecified atom stereocenters. The van der Waals surface area contributed by atoms with E-state index >= 15 is 0 Å². The molecule has 5 nitrogen and oxygen atoms in total. The van der Waals surface area contributed by atoms with Crippen LogP contribution in [-0.2, 0) is 13.2 Å². The Morgan fingerprint density at radius 3 is 2.29 bits per heavy atom. The Kier molecular flexibility index (Phi) is 6.61. The van der Waals surface area contributed by atoms with Gasteiger partial charge >= 0.3 is 0 Å². The van der Waals surface area contributed by atoms with Gasteiger partial charge in [0.15, 0.2) is 5.75 Å². The zero-order valence-corrected chi connectivity index (χ0v) is 16.6. The lowest BCUT2D eigenvalue weighted by Crippen LogP contribution is -2.17. The number of rotatable bonds is 8. The first-order chi connectivity index (χ1) is 13.6. The van der Waals surface area contributed by atoms with Crippen molar-refractivity contribution in [3.05, 3.63) is 87.3 Å². The molecule has 0 bridgehead atoms. The van der Waals surface area contributed by atoms with E-state index in [2.05, 4.69) is 0 Å². The minimum atomic E-state index is -0.140. The largest absolute Gasteiger partial charge is 0.497 e. The smallest absolute Gasteiger partial charge is 0.223 e. The zero-order chi connectivity index (χ0) is 19.9. The minimum Gasteiger partial charge on any atom is -0.497 e. The van der Waals surface area contributed by atoms with Crippen molar-refractivity contribution in [3.63, 3.8) is 0 Å². The molecule has 0 atom stereocenters. The molecule has 0 fully saturated rings. The van der Waals surface area contributed by atoms with Gasteiger partial charge in [0.1, 0.15) is 24.7 Å². The molecule has 146 valence electrons. The molecule has 1 heterocycles. The number of hydrogen-bond donors (Lipinski definition) is 0. The van der Waals surface area contributed by atoms with Crippen molar-refractivity contribution in [2.24, 2.45) is 0 Å². The van der Waals surface area contributed by atoms with Crippen molar-refractivity contribution >= 4 is 11.6 Å². The number of benzene rings is 2. The van der Waals surface area contributed by atoms with Crippen LogP contribution in [0.4, 0.5) is 0 Å². The topological polar surface area (TPSA) is 49.7 Å². The molecule has 2 aromatic carbocycles. The number of nitrogens with zero attached hydrogens (tertiary/aromatic N) is 1. The van der Waals surface area contributed by atoms with E-state index in [0.29, 0.717) is 30.5 Å². The molecule has 0 N–H and O–H groups in total. The fourth-order valence-corrected chi connectivity index (χ4v) is 2.87. The molecular formula is C22H22ClNO4. The predicted molar refractivity (Wildman–Crippen MR) is 110 cm³/mol. The third-order valence-corrected chi connectivity index (χ3v) is 4.60. The monoisotopic (exact) mass is 399 g/mol. The lowest BCUT2D eigenvalue weighted by Gasteiger charge is -2.15. The molecule has 1 aromatic heterocycles. The second-order valence-corrected chi connectivity index (χ2v) is 6.66. The van der Waals surface area contributed by atoms with Gasteiger partial charge in [-0.1, -0.05) is 23.7 Å². The molecular weight excluding hydrogens is 378 g/mol. The van der Waals surface area contributed by atoms with Crippen LogP contribution in [0.15, 0.2) is 65.6 Å². The Hall–Kier alpha value is -2.92. The predicted octanol–water partition coefficient (Wildman–Crippen LogP) is 4.48. The first-order valence-corrected chi connectivity index (χ1v) is 9.29. The van der Waals surface area contributed by atoms with Gasteiger partial charge in [-0.25, -0.2) is 0 Å². The van der Waals surface area contributed by atoms with E-state index in [1.807, 2.05) is 47.9 Å². The average molecular weight is 400 g/mol. The van der Waals surface area contributed by atoms with Crippen LogP contribution in [0.2, 0.25) is 5.02 Å². The van der Waals surface area contributed by atoms with Crippen molar-refractivity contribution < 1.29 is 14.2 Å². The maximum Gasteiger partial charge on any atom is 0.223 e. The van der Waals surface area contributed by atoms with E-state index in [0.717, 1.165) is 22.8 Å². The molecule has 0 spiro atoms.